The van der Waals surface area contributed by atoms with Crippen molar-refractivity contribution >= 4 is 38.9 Å². The maximum absolute atomic E-state index is 13.2. The van der Waals surface area contributed by atoms with Crippen LogP contribution in [0.2, 0.25) is 0 Å². The normalized spacial score (nSPS) is 10.6. The first kappa shape index (κ1) is 15.2. The Morgan fingerprint density at radius 1 is 1.33 bits per heavy atom. The zero-order chi connectivity index (χ0) is 15.4. The van der Waals surface area contributed by atoms with E-state index in [9.17, 15) is 14.0 Å². The standard InChI is InChI=1S/C14H16FN3O2S/c1-2-5-17-11(19)7-18-14(20)13-12(16)9-6-8(15)3-4-10(9)21-13/h3-4,6H,2,5,7,16H2,1H3,(H,17,19)(H,18,20). The third-order valence-corrected chi connectivity index (χ3v) is 4.06. The van der Waals surface area contributed by atoms with Crippen molar-refractivity contribution in [3.05, 3.63) is 28.9 Å². The van der Waals surface area contributed by atoms with Crippen LogP contribution in [-0.4, -0.2) is 24.9 Å². The number of carbonyl (C=O) groups is 2. The van der Waals surface area contributed by atoms with Crippen LogP contribution in [0, 0.1) is 5.82 Å². The summed E-state index contributed by atoms with van der Waals surface area (Å²) in [5.74, 6) is -1.09. The molecule has 0 aliphatic carbocycles. The van der Waals surface area contributed by atoms with Gasteiger partial charge in [-0.15, -0.1) is 11.3 Å². The fraction of sp³-hybridized carbons (Fsp3) is 0.286. The molecule has 0 unspecified atom stereocenters. The number of fused-ring (bicyclic) bond motifs is 1. The Morgan fingerprint density at radius 2 is 2.10 bits per heavy atom. The van der Waals surface area contributed by atoms with Crippen LogP contribution in [0.25, 0.3) is 10.1 Å². The maximum Gasteiger partial charge on any atom is 0.263 e. The number of carbonyl (C=O) groups excluding carboxylic acids is 2. The molecule has 7 heteroatoms. The zero-order valence-corrected chi connectivity index (χ0v) is 12.3. The van der Waals surface area contributed by atoms with Crippen molar-refractivity contribution in [3.8, 4) is 0 Å². The molecule has 1 aromatic carbocycles. The highest BCUT2D eigenvalue weighted by molar-refractivity contribution is 7.21. The summed E-state index contributed by atoms with van der Waals surface area (Å²) in [4.78, 5) is 23.8. The van der Waals surface area contributed by atoms with Gasteiger partial charge in [-0.3, -0.25) is 9.59 Å². The monoisotopic (exact) mass is 309 g/mol. The predicted molar refractivity (Wildman–Crippen MR) is 81.8 cm³/mol. The smallest absolute Gasteiger partial charge is 0.263 e. The highest BCUT2D eigenvalue weighted by atomic mass is 32.1. The fourth-order valence-corrected chi connectivity index (χ4v) is 2.84. The minimum atomic E-state index is -0.430. The summed E-state index contributed by atoms with van der Waals surface area (Å²) in [6.07, 6.45) is 0.828. The number of amides is 2. The van der Waals surface area contributed by atoms with Gasteiger partial charge in [-0.05, 0) is 24.6 Å². The lowest BCUT2D eigenvalue weighted by molar-refractivity contribution is -0.120. The van der Waals surface area contributed by atoms with Gasteiger partial charge >= 0.3 is 0 Å². The second kappa shape index (κ2) is 6.53. The first-order valence-electron chi connectivity index (χ1n) is 6.55. The molecule has 0 atom stereocenters. The van der Waals surface area contributed by atoms with E-state index >= 15 is 0 Å². The number of halogens is 1. The number of rotatable bonds is 5. The van der Waals surface area contributed by atoms with Gasteiger partial charge in [0, 0.05) is 16.6 Å². The van der Waals surface area contributed by atoms with Gasteiger partial charge in [-0.2, -0.15) is 0 Å². The molecule has 2 amide bonds. The lowest BCUT2D eigenvalue weighted by Crippen LogP contribution is -2.37. The van der Waals surface area contributed by atoms with E-state index in [-0.39, 0.29) is 18.1 Å². The topological polar surface area (TPSA) is 84.2 Å². The molecule has 0 saturated heterocycles. The summed E-state index contributed by atoms with van der Waals surface area (Å²) >= 11 is 1.17. The van der Waals surface area contributed by atoms with Crippen LogP contribution in [0.5, 0.6) is 0 Å². The molecular weight excluding hydrogens is 293 g/mol. The van der Waals surface area contributed by atoms with Crippen molar-refractivity contribution in [2.45, 2.75) is 13.3 Å². The van der Waals surface area contributed by atoms with Crippen molar-refractivity contribution < 1.29 is 14.0 Å². The largest absolute Gasteiger partial charge is 0.397 e. The molecule has 0 aliphatic rings. The van der Waals surface area contributed by atoms with Gasteiger partial charge < -0.3 is 16.4 Å². The Hall–Kier alpha value is -2.15. The number of nitrogens with two attached hydrogens (primary N) is 1. The van der Waals surface area contributed by atoms with Crippen molar-refractivity contribution in [2.75, 3.05) is 18.8 Å². The molecule has 21 heavy (non-hydrogen) atoms. The second-order valence-corrected chi connectivity index (χ2v) is 5.57. The Kier molecular flexibility index (Phi) is 4.74. The molecule has 5 nitrogen and oxygen atoms in total. The second-order valence-electron chi connectivity index (χ2n) is 4.52. The number of nitrogen functional groups attached to an aromatic ring is 1. The number of anilines is 1. The van der Waals surface area contributed by atoms with Gasteiger partial charge in [-0.1, -0.05) is 6.92 Å². The third-order valence-electron chi connectivity index (χ3n) is 2.88. The lowest BCUT2D eigenvalue weighted by atomic mass is 10.2. The molecule has 2 rings (SSSR count). The Morgan fingerprint density at radius 3 is 2.81 bits per heavy atom. The molecular formula is C14H16FN3O2S. The molecule has 0 saturated carbocycles. The Bertz CT molecular complexity index is 684. The van der Waals surface area contributed by atoms with Crippen LogP contribution >= 0.6 is 11.3 Å². The van der Waals surface area contributed by atoms with E-state index in [1.807, 2.05) is 6.92 Å². The number of thiophene rings is 1. The zero-order valence-electron chi connectivity index (χ0n) is 11.5. The van der Waals surface area contributed by atoms with Crippen molar-refractivity contribution in [3.63, 3.8) is 0 Å². The van der Waals surface area contributed by atoms with Crippen molar-refractivity contribution in [2.24, 2.45) is 0 Å². The maximum atomic E-state index is 13.2. The number of nitrogens with one attached hydrogen (secondary N) is 2. The average Bonchev–Trinajstić information content (AvgIpc) is 2.79. The molecule has 0 fully saturated rings. The van der Waals surface area contributed by atoms with Crippen LogP contribution < -0.4 is 16.4 Å². The van der Waals surface area contributed by atoms with Crippen molar-refractivity contribution in [1.82, 2.24) is 10.6 Å². The summed E-state index contributed by atoms with van der Waals surface area (Å²) in [7, 11) is 0. The average molecular weight is 309 g/mol. The predicted octanol–water partition coefficient (Wildman–Crippen LogP) is 1.88. The van der Waals surface area contributed by atoms with E-state index < -0.39 is 11.7 Å². The van der Waals surface area contributed by atoms with Crippen LogP contribution in [-0.2, 0) is 4.79 Å². The van der Waals surface area contributed by atoms with E-state index in [0.29, 0.717) is 16.8 Å². The number of benzene rings is 1. The van der Waals surface area contributed by atoms with Gasteiger partial charge in [0.2, 0.25) is 5.91 Å². The molecule has 1 aromatic heterocycles. The highest BCUT2D eigenvalue weighted by Gasteiger charge is 2.17. The van der Waals surface area contributed by atoms with Gasteiger partial charge in [0.05, 0.1) is 12.2 Å². The molecule has 0 radical (unpaired) electrons. The number of hydrogen-bond acceptors (Lipinski definition) is 4. The minimum absolute atomic E-state index is 0.110. The van der Waals surface area contributed by atoms with Crippen LogP contribution in [0.4, 0.5) is 10.1 Å². The summed E-state index contributed by atoms with van der Waals surface area (Å²) in [6.45, 7) is 2.40. The molecule has 0 bridgehead atoms. The number of hydrogen-bond donors (Lipinski definition) is 3. The quantitative estimate of drug-likeness (QED) is 0.788. The SMILES string of the molecule is CCCNC(=O)CNC(=O)c1sc2ccc(F)cc2c1N. The van der Waals surface area contributed by atoms with Gasteiger partial charge in [0.1, 0.15) is 10.7 Å². The molecule has 4 N–H and O–H groups in total. The van der Waals surface area contributed by atoms with Gasteiger partial charge in [0.15, 0.2) is 0 Å². The summed E-state index contributed by atoms with van der Waals surface area (Å²) < 4.78 is 13.9. The van der Waals surface area contributed by atoms with E-state index in [1.54, 1.807) is 6.07 Å². The molecule has 112 valence electrons. The molecule has 0 aliphatic heterocycles. The minimum Gasteiger partial charge on any atom is -0.397 e. The lowest BCUT2D eigenvalue weighted by Gasteiger charge is -2.05. The fourth-order valence-electron chi connectivity index (χ4n) is 1.83. The first-order chi connectivity index (χ1) is 10.0. The van der Waals surface area contributed by atoms with E-state index in [0.717, 1.165) is 11.1 Å². The summed E-state index contributed by atoms with van der Waals surface area (Å²) in [5, 5.41) is 5.68. The van der Waals surface area contributed by atoms with Gasteiger partial charge in [-0.25, -0.2) is 4.39 Å². The van der Waals surface area contributed by atoms with Gasteiger partial charge in [0.25, 0.3) is 5.91 Å². The van der Waals surface area contributed by atoms with E-state index in [2.05, 4.69) is 10.6 Å². The van der Waals surface area contributed by atoms with Crippen LogP contribution in [0.1, 0.15) is 23.0 Å². The summed E-state index contributed by atoms with van der Waals surface area (Å²) in [6, 6.07) is 4.19. The Labute approximate surface area is 125 Å². The molecule has 2 aromatic rings. The molecule has 0 spiro atoms. The Balaban J connectivity index is 2.09. The van der Waals surface area contributed by atoms with Crippen molar-refractivity contribution in [1.29, 1.82) is 0 Å². The van der Waals surface area contributed by atoms with Crippen LogP contribution in [0.15, 0.2) is 18.2 Å². The third kappa shape index (κ3) is 3.49. The van der Waals surface area contributed by atoms with E-state index in [4.69, 9.17) is 5.73 Å². The molecule has 1 heterocycles. The van der Waals surface area contributed by atoms with E-state index in [1.165, 1.54) is 23.5 Å². The van der Waals surface area contributed by atoms with Crippen LogP contribution in [0.3, 0.4) is 0 Å². The first-order valence-corrected chi connectivity index (χ1v) is 7.37. The summed E-state index contributed by atoms with van der Waals surface area (Å²) in [5.41, 5.74) is 6.11. The highest BCUT2D eigenvalue weighted by Crippen LogP contribution is 2.33.